The van der Waals surface area contributed by atoms with Gasteiger partial charge in [0.05, 0.1) is 12.3 Å². The van der Waals surface area contributed by atoms with Gasteiger partial charge >= 0.3 is 0 Å². The van der Waals surface area contributed by atoms with Crippen molar-refractivity contribution in [3.05, 3.63) is 18.0 Å². The predicted molar refractivity (Wildman–Crippen MR) is 42.8 cm³/mol. The highest BCUT2D eigenvalue weighted by atomic mass is 35.5. The summed E-state index contributed by atoms with van der Waals surface area (Å²) in [4.78, 5) is 0. The molecule has 0 saturated heterocycles. The molecule has 0 fully saturated rings. The number of alkyl halides is 1. The molecule has 0 saturated carbocycles. The standard InChI is InChI=1S/C7H10ClNO3/c8-2-1-6(10)7(11)5-3-9-12-4-5/h3-4,6-7,10-11H,1-2H2. The molecule has 2 N–H and O–H groups in total. The lowest BCUT2D eigenvalue weighted by Crippen LogP contribution is -2.18. The van der Waals surface area contributed by atoms with E-state index in [1.54, 1.807) is 0 Å². The quantitative estimate of drug-likeness (QED) is 0.688. The molecule has 0 aliphatic carbocycles. The second-order valence-corrected chi connectivity index (χ2v) is 2.83. The third kappa shape index (κ3) is 2.20. The van der Waals surface area contributed by atoms with E-state index in [0.29, 0.717) is 17.9 Å². The fourth-order valence-corrected chi connectivity index (χ4v) is 1.07. The van der Waals surface area contributed by atoms with E-state index < -0.39 is 12.2 Å². The van der Waals surface area contributed by atoms with Gasteiger partial charge in [-0.15, -0.1) is 11.6 Å². The zero-order valence-electron chi connectivity index (χ0n) is 6.35. The Balaban J connectivity index is 2.53. The molecule has 5 heteroatoms. The van der Waals surface area contributed by atoms with Crippen molar-refractivity contribution in [3.8, 4) is 0 Å². The van der Waals surface area contributed by atoms with Crippen LogP contribution in [0.1, 0.15) is 18.1 Å². The molecule has 2 atom stereocenters. The molecule has 0 bridgehead atoms. The van der Waals surface area contributed by atoms with Crippen LogP contribution >= 0.6 is 11.6 Å². The summed E-state index contributed by atoms with van der Waals surface area (Å²) in [5.41, 5.74) is 0.465. The fourth-order valence-electron chi connectivity index (χ4n) is 0.851. The molecule has 12 heavy (non-hydrogen) atoms. The van der Waals surface area contributed by atoms with Gasteiger partial charge in [-0.1, -0.05) is 5.16 Å². The summed E-state index contributed by atoms with van der Waals surface area (Å²) >= 11 is 5.39. The fraction of sp³-hybridized carbons (Fsp3) is 0.571. The van der Waals surface area contributed by atoms with Crippen LogP contribution in [0.2, 0.25) is 0 Å². The third-order valence-corrected chi connectivity index (χ3v) is 1.78. The molecule has 1 aromatic rings. The minimum atomic E-state index is -0.963. The number of aromatic nitrogens is 1. The molecule has 1 aromatic heterocycles. The highest BCUT2D eigenvalue weighted by Gasteiger charge is 2.18. The SMILES string of the molecule is OC(CCCl)C(O)c1cnoc1. The van der Waals surface area contributed by atoms with E-state index in [9.17, 15) is 10.2 Å². The van der Waals surface area contributed by atoms with Crippen LogP contribution in [0, 0.1) is 0 Å². The van der Waals surface area contributed by atoms with E-state index in [1.165, 1.54) is 12.5 Å². The van der Waals surface area contributed by atoms with Crippen molar-refractivity contribution in [2.45, 2.75) is 18.6 Å². The van der Waals surface area contributed by atoms with E-state index >= 15 is 0 Å². The lowest BCUT2D eigenvalue weighted by molar-refractivity contribution is 0.0166. The maximum Gasteiger partial charge on any atom is 0.129 e. The number of halogens is 1. The van der Waals surface area contributed by atoms with Crippen molar-refractivity contribution < 1.29 is 14.7 Å². The maximum atomic E-state index is 9.40. The van der Waals surface area contributed by atoms with Gasteiger partial charge < -0.3 is 14.7 Å². The van der Waals surface area contributed by atoms with Gasteiger partial charge in [-0.2, -0.15) is 0 Å². The first-order valence-corrected chi connectivity index (χ1v) is 4.10. The van der Waals surface area contributed by atoms with Crippen LogP contribution in [0.4, 0.5) is 0 Å². The van der Waals surface area contributed by atoms with Gasteiger partial charge in [0.25, 0.3) is 0 Å². The normalized spacial score (nSPS) is 15.9. The summed E-state index contributed by atoms with van der Waals surface area (Å²) in [7, 11) is 0. The predicted octanol–water partition coefficient (Wildman–Crippen LogP) is 0.698. The second kappa shape index (κ2) is 4.45. The zero-order valence-corrected chi connectivity index (χ0v) is 7.11. The van der Waals surface area contributed by atoms with Crippen LogP contribution in [-0.2, 0) is 0 Å². The largest absolute Gasteiger partial charge is 0.390 e. The Bertz CT molecular complexity index is 214. The van der Waals surface area contributed by atoms with Crippen LogP contribution in [0.3, 0.4) is 0 Å². The summed E-state index contributed by atoms with van der Waals surface area (Å²) in [5.74, 6) is 0.309. The summed E-state index contributed by atoms with van der Waals surface area (Å²) < 4.78 is 4.51. The summed E-state index contributed by atoms with van der Waals surface area (Å²) in [6.45, 7) is 0. The van der Waals surface area contributed by atoms with Crippen LogP contribution in [0.25, 0.3) is 0 Å². The Morgan fingerprint density at radius 3 is 2.83 bits per heavy atom. The van der Waals surface area contributed by atoms with Crippen LogP contribution < -0.4 is 0 Å². The van der Waals surface area contributed by atoms with Crippen LogP contribution in [-0.4, -0.2) is 27.4 Å². The van der Waals surface area contributed by atoms with Crippen LogP contribution in [0.15, 0.2) is 17.0 Å². The molecule has 0 aromatic carbocycles. The number of hydrogen-bond donors (Lipinski definition) is 2. The van der Waals surface area contributed by atoms with Crippen molar-refractivity contribution in [1.82, 2.24) is 5.16 Å². The van der Waals surface area contributed by atoms with Gasteiger partial charge in [0, 0.05) is 11.4 Å². The second-order valence-electron chi connectivity index (χ2n) is 2.45. The van der Waals surface area contributed by atoms with Crippen molar-refractivity contribution in [1.29, 1.82) is 0 Å². The van der Waals surface area contributed by atoms with Crippen molar-refractivity contribution in [2.24, 2.45) is 0 Å². The Morgan fingerprint density at radius 1 is 1.58 bits per heavy atom. The molecule has 0 radical (unpaired) electrons. The van der Waals surface area contributed by atoms with Gasteiger partial charge in [-0.05, 0) is 6.42 Å². The van der Waals surface area contributed by atoms with E-state index in [1.807, 2.05) is 0 Å². The number of rotatable bonds is 4. The Hall–Kier alpha value is -0.580. The van der Waals surface area contributed by atoms with Gasteiger partial charge in [0.2, 0.25) is 0 Å². The molecule has 0 spiro atoms. The molecule has 0 aliphatic heterocycles. The molecule has 1 heterocycles. The summed E-state index contributed by atoms with van der Waals surface area (Å²) in [6.07, 6.45) is 1.18. The number of aliphatic hydroxyl groups excluding tert-OH is 2. The van der Waals surface area contributed by atoms with E-state index in [2.05, 4.69) is 9.68 Å². The molecule has 4 nitrogen and oxygen atoms in total. The highest BCUT2D eigenvalue weighted by Crippen LogP contribution is 2.18. The van der Waals surface area contributed by atoms with Gasteiger partial charge in [0.1, 0.15) is 12.4 Å². The summed E-state index contributed by atoms with van der Waals surface area (Å²) in [6, 6.07) is 0. The first kappa shape index (κ1) is 9.51. The molecule has 1 rings (SSSR count). The van der Waals surface area contributed by atoms with Crippen molar-refractivity contribution >= 4 is 11.6 Å². The van der Waals surface area contributed by atoms with Crippen LogP contribution in [0.5, 0.6) is 0 Å². The topological polar surface area (TPSA) is 66.5 Å². The monoisotopic (exact) mass is 191 g/mol. The molecule has 68 valence electrons. The average molecular weight is 192 g/mol. The number of nitrogens with zero attached hydrogens (tertiary/aromatic N) is 1. The lowest BCUT2D eigenvalue weighted by atomic mass is 10.1. The van der Waals surface area contributed by atoms with Crippen molar-refractivity contribution in [2.75, 3.05) is 5.88 Å². The lowest BCUT2D eigenvalue weighted by Gasteiger charge is -2.13. The highest BCUT2D eigenvalue weighted by molar-refractivity contribution is 6.17. The van der Waals surface area contributed by atoms with E-state index in [4.69, 9.17) is 11.6 Å². The molecule has 0 amide bonds. The van der Waals surface area contributed by atoms with E-state index in [-0.39, 0.29) is 0 Å². The molecular formula is C7H10ClNO3. The Labute approximate surface area is 74.7 Å². The van der Waals surface area contributed by atoms with Gasteiger partial charge in [-0.25, -0.2) is 0 Å². The van der Waals surface area contributed by atoms with Crippen molar-refractivity contribution in [3.63, 3.8) is 0 Å². The minimum Gasteiger partial charge on any atom is -0.390 e. The zero-order chi connectivity index (χ0) is 8.97. The molecular weight excluding hydrogens is 182 g/mol. The smallest absolute Gasteiger partial charge is 0.129 e. The maximum absolute atomic E-state index is 9.40. The first-order valence-electron chi connectivity index (χ1n) is 3.57. The van der Waals surface area contributed by atoms with Gasteiger partial charge in [-0.3, -0.25) is 0 Å². The first-order chi connectivity index (χ1) is 5.75. The Kier molecular flexibility index (Phi) is 3.52. The van der Waals surface area contributed by atoms with E-state index in [0.717, 1.165) is 0 Å². The molecule has 2 unspecified atom stereocenters. The summed E-state index contributed by atoms with van der Waals surface area (Å²) in [5, 5.41) is 22.1. The number of aliphatic hydroxyl groups is 2. The third-order valence-electron chi connectivity index (χ3n) is 1.56. The number of hydrogen-bond acceptors (Lipinski definition) is 4. The molecule has 0 aliphatic rings. The van der Waals surface area contributed by atoms with Gasteiger partial charge in [0.15, 0.2) is 0 Å². The Morgan fingerprint density at radius 2 is 2.33 bits per heavy atom. The minimum absolute atomic E-state index is 0.309. The average Bonchev–Trinajstić information content (AvgIpc) is 2.55.